The van der Waals surface area contributed by atoms with Crippen molar-refractivity contribution >= 4 is 45.1 Å². The summed E-state index contributed by atoms with van der Waals surface area (Å²) in [7, 11) is 0. The highest BCUT2D eigenvalue weighted by molar-refractivity contribution is 9.10. The van der Waals surface area contributed by atoms with E-state index < -0.39 is 5.97 Å². The van der Waals surface area contributed by atoms with Crippen LogP contribution in [0.1, 0.15) is 25.6 Å². The fraction of sp³-hybridized carbons (Fsp3) is 0. The first kappa shape index (κ1) is 17.3. The molecule has 25 heavy (non-hydrogen) atoms. The zero-order chi connectivity index (χ0) is 17.6. The third-order valence-electron chi connectivity index (χ3n) is 3.39. The van der Waals surface area contributed by atoms with Crippen LogP contribution in [-0.2, 0) is 0 Å². The maximum Gasteiger partial charge on any atom is 0.344 e. The fourth-order valence-corrected chi connectivity index (χ4v) is 3.18. The lowest BCUT2D eigenvalue weighted by Crippen LogP contribution is -2.09. The van der Waals surface area contributed by atoms with Gasteiger partial charge in [-0.2, -0.15) is 0 Å². The van der Waals surface area contributed by atoms with Gasteiger partial charge in [-0.25, -0.2) is 4.79 Å². The van der Waals surface area contributed by atoms with Crippen molar-refractivity contribution in [2.24, 2.45) is 0 Å². The highest BCUT2D eigenvalue weighted by Crippen LogP contribution is 2.20. The lowest BCUT2D eigenvalue weighted by atomic mass is 10.1. The topological polar surface area (TPSA) is 43.4 Å². The molecule has 0 aliphatic carbocycles. The lowest BCUT2D eigenvalue weighted by Gasteiger charge is -2.06. The van der Waals surface area contributed by atoms with Gasteiger partial charge in [-0.3, -0.25) is 4.79 Å². The predicted octanol–water partition coefficient (Wildman–Crippen LogP) is 5.63. The van der Waals surface area contributed by atoms with Gasteiger partial charge < -0.3 is 4.74 Å². The van der Waals surface area contributed by atoms with Crippen molar-refractivity contribution in [3.05, 3.63) is 92.6 Å². The number of carbonyl (C=O) groups excluding carboxylic acids is 2. The second kappa shape index (κ2) is 8.05. The lowest BCUT2D eigenvalue weighted by molar-refractivity contribution is 0.0733. The molecule has 0 N–H and O–H groups in total. The molecule has 1 aromatic heterocycles. The highest BCUT2D eigenvalue weighted by Gasteiger charge is 2.12. The summed E-state index contributed by atoms with van der Waals surface area (Å²) < 4.78 is 6.01. The van der Waals surface area contributed by atoms with Crippen LogP contribution in [0, 0.1) is 0 Å². The number of carbonyl (C=O) groups is 2. The first-order chi connectivity index (χ1) is 12.1. The van der Waals surface area contributed by atoms with Crippen LogP contribution in [0.25, 0.3) is 6.08 Å². The van der Waals surface area contributed by atoms with Crippen molar-refractivity contribution < 1.29 is 14.3 Å². The zero-order valence-electron chi connectivity index (χ0n) is 13.0. The molecule has 5 heteroatoms. The van der Waals surface area contributed by atoms with E-state index in [1.54, 1.807) is 59.9 Å². The average Bonchev–Trinajstić information content (AvgIpc) is 3.14. The maximum atomic E-state index is 12.2. The van der Waals surface area contributed by atoms with Crippen LogP contribution in [-0.4, -0.2) is 11.8 Å². The minimum atomic E-state index is -0.454. The Morgan fingerprint density at radius 1 is 0.960 bits per heavy atom. The van der Waals surface area contributed by atoms with Gasteiger partial charge >= 0.3 is 5.97 Å². The monoisotopic (exact) mass is 412 g/mol. The average molecular weight is 413 g/mol. The van der Waals surface area contributed by atoms with E-state index in [0.717, 1.165) is 4.88 Å². The molecule has 0 bridgehead atoms. The van der Waals surface area contributed by atoms with E-state index in [9.17, 15) is 9.59 Å². The summed E-state index contributed by atoms with van der Waals surface area (Å²) in [6, 6.07) is 17.4. The number of thiophene rings is 1. The van der Waals surface area contributed by atoms with Gasteiger partial charge in [-0.05, 0) is 75.9 Å². The number of halogens is 1. The van der Waals surface area contributed by atoms with E-state index in [1.165, 1.54) is 6.08 Å². The second-order valence-corrected chi connectivity index (χ2v) is 6.94. The van der Waals surface area contributed by atoms with E-state index in [-0.39, 0.29) is 5.78 Å². The van der Waals surface area contributed by atoms with Gasteiger partial charge in [0.05, 0.1) is 5.56 Å². The Kier molecular flexibility index (Phi) is 5.58. The van der Waals surface area contributed by atoms with Crippen molar-refractivity contribution in [2.45, 2.75) is 0 Å². The summed E-state index contributed by atoms with van der Waals surface area (Å²) in [6.07, 6.45) is 3.32. The molecular formula is C20H13BrO3S. The molecule has 3 rings (SSSR count). The first-order valence-electron chi connectivity index (χ1n) is 7.46. The van der Waals surface area contributed by atoms with Crippen molar-refractivity contribution in [3.63, 3.8) is 0 Å². The Labute approximate surface area is 157 Å². The molecule has 0 amide bonds. The minimum absolute atomic E-state index is 0.0999. The van der Waals surface area contributed by atoms with Crippen molar-refractivity contribution in [3.8, 4) is 5.75 Å². The summed E-state index contributed by atoms with van der Waals surface area (Å²) in [5.41, 5.74) is 0.982. The number of benzene rings is 2. The Bertz CT molecular complexity index is 912. The second-order valence-electron chi connectivity index (χ2n) is 5.11. The van der Waals surface area contributed by atoms with Crippen LogP contribution in [0.4, 0.5) is 0 Å². The Balaban J connectivity index is 1.67. The predicted molar refractivity (Wildman–Crippen MR) is 103 cm³/mol. The standard InChI is InChI=1S/C20H13BrO3S/c21-18-6-2-1-5-17(18)20(23)24-15-9-7-14(8-10-15)19(22)12-11-16-4-3-13-25-16/h1-13H/b12-11+. The number of esters is 1. The number of ether oxygens (including phenoxy) is 1. The van der Waals surface area contributed by atoms with Gasteiger partial charge in [-0.15, -0.1) is 11.3 Å². The smallest absolute Gasteiger partial charge is 0.344 e. The molecule has 0 aliphatic rings. The van der Waals surface area contributed by atoms with Crippen LogP contribution >= 0.6 is 27.3 Å². The van der Waals surface area contributed by atoms with Gasteiger partial charge in [0.15, 0.2) is 5.78 Å². The molecule has 0 spiro atoms. The number of hydrogen-bond donors (Lipinski definition) is 0. The van der Waals surface area contributed by atoms with Crippen molar-refractivity contribution in [1.82, 2.24) is 0 Å². The molecule has 124 valence electrons. The number of hydrogen-bond acceptors (Lipinski definition) is 4. The van der Waals surface area contributed by atoms with Crippen molar-refractivity contribution in [2.75, 3.05) is 0 Å². The summed E-state index contributed by atoms with van der Waals surface area (Å²) in [5, 5.41) is 1.96. The highest BCUT2D eigenvalue weighted by atomic mass is 79.9. The molecule has 0 saturated carbocycles. The molecule has 0 unspecified atom stereocenters. The molecule has 0 radical (unpaired) electrons. The number of rotatable bonds is 5. The number of allylic oxidation sites excluding steroid dienone is 1. The van der Waals surface area contributed by atoms with E-state index >= 15 is 0 Å². The largest absolute Gasteiger partial charge is 0.423 e. The zero-order valence-corrected chi connectivity index (χ0v) is 15.4. The van der Waals surface area contributed by atoms with E-state index in [0.29, 0.717) is 21.3 Å². The molecule has 0 atom stereocenters. The molecule has 0 aliphatic heterocycles. The molecule has 3 nitrogen and oxygen atoms in total. The van der Waals surface area contributed by atoms with Gasteiger partial charge in [0.2, 0.25) is 0 Å². The Morgan fingerprint density at radius 2 is 1.72 bits per heavy atom. The molecule has 0 saturated heterocycles. The summed E-state index contributed by atoms with van der Waals surface area (Å²) in [4.78, 5) is 25.3. The molecular weight excluding hydrogens is 400 g/mol. The van der Waals surface area contributed by atoms with E-state index in [1.807, 2.05) is 23.6 Å². The van der Waals surface area contributed by atoms with E-state index in [4.69, 9.17) is 4.74 Å². The van der Waals surface area contributed by atoms with Gasteiger partial charge in [0, 0.05) is 14.9 Å². The van der Waals surface area contributed by atoms with Crippen LogP contribution in [0.5, 0.6) is 5.75 Å². The molecule has 1 heterocycles. The molecule has 2 aromatic carbocycles. The van der Waals surface area contributed by atoms with Crippen LogP contribution in [0.2, 0.25) is 0 Å². The van der Waals surface area contributed by atoms with Crippen molar-refractivity contribution in [1.29, 1.82) is 0 Å². The third-order valence-corrected chi connectivity index (χ3v) is 4.91. The van der Waals surface area contributed by atoms with Crippen LogP contribution < -0.4 is 4.74 Å². The SMILES string of the molecule is O=C(/C=C/c1cccs1)c1ccc(OC(=O)c2ccccc2Br)cc1. The Hall–Kier alpha value is -2.50. The summed E-state index contributed by atoms with van der Waals surface area (Å²) >= 11 is 4.89. The minimum Gasteiger partial charge on any atom is -0.423 e. The summed E-state index contributed by atoms with van der Waals surface area (Å²) in [5.74, 6) is -0.166. The maximum absolute atomic E-state index is 12.2. The molecule has 3 aromatic rings. The normalized spacial score (nSPS) is 10.8. The Morgan fingerprint density at radius 3 is 2.40 bits per heavy atom. The van der Waals surface area contributed by atoms with Crippen LogP contribution in [0.3, 0.4) is 0 Å². The quantitative estimate of drug-likeness (QED) is 0.236. The van der Waals surface area contributed by atoms with Gasteiger partial charge in [0.1, 0.15) is 5.75 Å². The fourth-order valence-electron chi connectivity index (χ4n) is 2.12. The number of ketones is 1. The third kappa shape index (κ3) is 4.53. The van der Waals surface area contributed by atoms with Crippen LogP contribution in [0.15, 0.2) is 76.6 Å². The van der Waals surface area contributed by atoms with Gasteiger partial charge in [-0.1, -0.05) is 18.2 Å². The first-order valence-corrected chi connectivity index (χ1v) is 9.13. The van der Waals surface area contributed by atoms with E-state index in [2.05, 4.69) is 15.9 Å². The summed E-state index contributed by atoms with van der Waals surface area (Å²) in [6.45, 7) is 0. The molecule has 0 fully saturated rings. The van der Waals surface area contributed by atoms with Gasteiger partial charge in [0.25, 0.3) is 0 Å².